The van der Waals surface area contributed by atoms with Crippen LogP contribution < -0.4 is 0 Å². The summed E-state index contributed by atoms with van der Waals surface area (Å²) in [5, 5.41) is 10.2. The van der Waals surface area contributed by atoms with E-state index >= 15 is 0 Å². The molecule has 3 rings (SSSR count). The van der Waals surface area contributed by atoms with E-state index in [9.17, 15) is 14.3 Å². The minimum Gasteiger partial charge on any atom is -0.478 e. The highest BCUT2D eigenvalue weighted by molar-refractivity contribution is 9.10. The van der Waals surface area contributed by atoms with Gasteiger partial charge in [-0.3, -0.25) is 0 Å². The topological polar surface area (TPSA) is 50.2 Å². The number of carboxylic acid groups (broad SMARTS) is 1. The molecular formula is C15H9BrFNO2S. The third-order valence-corrected chi connectivity index (χ3v) is 4.61. The second-order valence-corrected chi connectivity index (χ2v) is 6.27. The molecule has 1 N–H and O–H groups in total. The second-order valence-electron chi connectivity index (χ2n) is 4.55. The molecule has 0 aliphatic heterocycles. The zero-order valence-electron chi connectivity index (χ0n) is 10.6. The van der Waals surface area contributed by atoms with Crippen molar-refractivity contribution in [3.63, 3.8) is 0 Å². The molecule has 0 amide bonds. The van der Waals surface area contributed by atoms with E-state index in [0.29, 0.717) is 15.6 Å². The maximum absolute atomic E-state index is 14.0. The van der Waals surface area contributed by atoms with Gasteiger partial charge in [0.1, 0.15) is 5.82 Å². The Hall–Kier alpha value is -1.79. The zero-order chi connectivity index (χ0) is 15.0. The Bertz CT molecular complexity index is 847. The molecule has 1 heterocycles. The molecular weight excluding hydrogens is 357 g/mol. The van der Waals surface area contributed by atoms with Crippen LogP contribution in [0.3, 0.4) is 0 Å². The van der Waals surface area contributed by atoms with Gasteiger partial charge in [0.2, 0.25) is 0 Å². The lowest BCUT2D eigenvalue weighted by atomic mass is 9.98. The van der Waals surface area contributed by atoms with Gasteiger partial charge in [0.25, 0.3) is 0 Å². The van der Waals surface area contributed by atoms with Crippen molar-refractivity contribution >= 4 is 43.5 Å². The smallest absolute Gasteiger partial charge is 0.336 e. The fourth-order valence-corrected chi connectivity index (χ4v) is 3.35. The zero-order valence-corrected chi connectivity index (χ0v) is 13.0. The summed E-state index contributed by atoms with van der Waals surface area (Å²) in [7, 11) is 0. The Morgan fingerprint density at radius 1 is 1.33 bits per heavy atom. The summed E-state index contributed by atoms with van der Waals surface area (Å²) in [6, 6.07) is 8.05. The molecule has 0 unspecified atom stereocenters. The van der Waals surface area contributed by atoms with E-state index in [1.807, 2.05) is 0 Å². The number of halogens is 2. The average Bonchev–Trinajstić information content (AvgIpc) is 2.90. The highest BCUT2D eigenvalue weighted by Crippen LogP contribution is 2.29. The number of aromatic nitrogens is 1. The van der Waals surface area contributed by atoms with Crippen LogP contribution in [0, 0.1) is 5.82 Å². The van der Waals surface area contributed by atoms with Crippen LogP contribution >= 0.6 is 27.5 Å². The lowest BCUT2D eigenvalue weighted by Crippen LogP contribution is -2.04. The van der Waals surface area contributed by atoms with E-state index in [1.54, 1.807) is 30.5 Å². The number of carbonyl (C=O) groups is 1. The van der Waals surface area contributed by atoms with Crippen LogP contribution in [0.1, 0.15) is 21.5 Å². The van der Waals surface area contributed by atoms with Crippen LogP contribution in [0.5, 0.6) is 0 Å². The Labute approximate surface area is 132 Å². The number of aromatic carboxylic acids is 1. The van der Waals surface area contributed by atoms with Gasteiger partial charge in [-0.2, -0.15) is 4.37 Å². The van der Waals surface area contributed by atoms with Crippen molar-refractivity contribution in [1.82, 2.24) is 4.37 Å². The molecule has 0 saturated carbocycles. The van der Waals surface area contributed by atoms with Gasteiger partial charge in [-0.1, -0.05) is 28.1 Å². The van der Waals surface area contributed by atoms with Crippen LogP contribution in [0.4, 0.5) is 4.39 Å². The summed E-state index contributed by atoms with van der Waals surface area (Å²) in [4.78, 5) is 11.4. The number of rotatable bonds is 3. The summed E-state index contributed by atoms with van der Waals surface area (Å²) >= 11 is 4.44. The van der Waals surface area contributed by atoms with Gasteiger partial charge < -0.3 is 5.11 Å². The van der Waals surface area contributed by atoms with Crippen molar-refractivity contribution in [2.45, 2.75) is 6.42 Å². The Kier molecular flexibility index (Phi) is 3.73. The number of hydrogen-bond acceptors (Lipinski definition) is 3. The number of hydrogen-bond donors (Lipinski definition) is 1. The van der Waals surface area contributed by atoms with Gasteiger partial charge in [-0.05, 0) is 40.9 Å². The van der Waals surface area contributed by atoms with Gasteiger partial charge in [-0.25, -0.2) is 9.18 Å². The van der Waals surface area contributed by atoms with Gasteiger partial charge >= 0.3 is 5.97 Å². The fourth-order valence-electron chi connectivity index (χ4n) is 2.22. The Balaban J connectivity index is 2.16. The number of carboxylic acids is 1. The summed E-state index contributed by atoms with van der Waals surface area (Å²) < 4.78 is 19.5. The van der Waals surface area contributed by atoms with Gasteiger partial charge in [0, 0.05) is 22.5 Å². The number of benzene rings is 2. The highest BCUT2D eigenvalue weighted by Gasteiger charge is 2.17. The van der Waals surface area contributed by atoms with Crippen LogP contribution in [0.2, 0.25) is 0 Å². The van der Waals surface area contributed by atoms with Crippen molar-refractivity contribution in [2.24, 2.45) is 0 Å². The largest absolute Gasteiger partial charge is 0.478 e. The molecule has 1 aromatic heterocycles. The lowest BCUT2D eigenvalue weighted by molar-refractivity contribution is 0.0696. The van der Waals surface area contributed by atoms with E-state index in [4.69, 9.17) is 0 Å². The molecule has 6 heteroatoms. The first-order valence-corrected chi connectivity index (χ1v) is 7.66. The summed E-state index contributed by atoms with van der Waals surface area (Å²) in [6.07, 6.45) is 1.91. The fraction of sp³-hybridized carbons (Fsp3) is 0.0667. The average molecular weight is 366 g/mol. The molecule has 0 saturated heterocycles. The molecule has 3 aromatic rings. The van der Waals surface area contributed by atoms with Crippen LogP contribution in [0.15, 0.2) is 41.0 Å². The van der Waals surface area contributed by atoms with Gasteiger partial charge in [-0.15, -0.1) is 0 Å². The Morgan fingerprint density at radius 2 is 2.14 bits per heavy atom. The van der Waals surface area contributed by atoms with Crippen molar-refractivity contribution in [2.75, 3.05) is 0 Å². The molecule has 0 bridgehead atoms. The first-order valence-electron chi connectivity index (χ1n) is 6.10. The molecule has 106 valence electrons. The van der Waals surface area contributed by atoms with E-state index < -0.39 is 5.97 Å². The molecule has 0 aliphatic rings. The predicted molar refractivity (Wildman–Crippen MR) is 83.5 cm³/mol. The summed E-state index contributed by atoms with van der Waals surface area (Å²) in [5.41, 5.74) is 1.25. The summed E-state index contributed by atoms with van der Waals surface area (Å²) in [6.45, 7) is 0. The quantitative estimate of drug-likeness (QED) is 0.743. The SMILES string of the molecule is O=C(O)c1ccc2cnsc2c1Cc1ccc(Br)cc1F. The molecule has 0 atom stereocenters. The van der Waals surface area contributed by atoms with Gasteiger partial charge in [0.05, 0.1) is 10.3 Å². The lowest BCUT2D eigenvalue weighted by Gasteiger charge is -2.09. The monoisotopic (exact) mass is 365 g/mol. The third kappa shape index (κ3) is 2.69. The van der Waals surface area contributed by atoms with Crippen molar-refractivity contribution in [3.8, 4) is 0 Å². The Morgan fingerprint density at radius 3 is 2.86 bits per heavy atom. The van der Waals surface area contributed by atoms with E-state index in [-0.39, 0.29) is 17.8 Å². The predicted octanol–water partition coefficient (Wildman–Crippen LogP) is 4.49. The number of nitrogens with zero attached hydrogens (tertiary/aromatic N) is 1. The normalized spacial score (nSPS) is 11.0. The molecule has 2 aromatic carbocycles. The molecule has 0 spiro atoms. The first-order chi connectivity index (χ1) is 10.1. The molecule has 21 heavy (non-hydrogen) atoms. The van der Waals surface area contributed by atoms with Crippen LogP contribution in [0.25, 0.3) is 10.1 Å². The van der Waals surface area contributed by atoms with Crippen LogP contribution in [-0.2, 0) is 6.42 Å². The minimum absolute atomic E-state index is 0.189. The summed E-state index contributed by atoms with van der Waals surface area (Å²) in [5.74, 6) is -1.37. The third-order valence-electron chi connectivity index (χ3n) is 3.24. The van der Waals surface area contributed by atoms with E-state index in [1.165, 1.54) is 17.6 Å². The maximum atomic E-state index is 14.0. The molecule has 0 fully saturated rings. The first kappa shape index (κ1) is 14.2. The molecule has 3 nitrogen and oxygen atoms in total. The second kappa shape index (κ2) is 5.54. The van der Waals surface area contributed by atoms with Crippen molar-refractivity contribution in [1.29, 1.82) is 0 Å². The standard InChI is InChI=1S/C15H9BrFNO2S/c16-10-3-1-8(13(17)6-10)5-12-11(15(19)20)4-2-9-7-18-21-14(9)12/h1-4,6-7H,5H2,(H,19,20). The van der Waals surface area contributed by atoms with Crippen LogP contribution in [-0.4, -0.2) is 15.4 Å². The van der Waals surface area contributed by atoms with E-state index in [0.717, 1.165) is 10.1 Å². The highest BCUT2D eigenvalue weighted by atomic mass is 79.9. The number of fused-ring (bicyclic) bond motifs is 1. The van der Waals surface area contributed by atoms with E-state index in [2.05, 4.69) is 20.3 Å². The van der Waals surface area contributed by atoms with Gasteiger partial charge in [0.15, 0.2) is 0 Å². The van der Waals surface area contributed by atoms with Crippen molar-refractivity contribution in [3.05, 3.63) is 63.5 Å². The molecule has 0 aliphatic carbocycles. The minimum atomic E-state index is -1.02. The maximum Gasteiger partial charge on any atom is 0.336 e. The molecule has 0 radical (unpaired) electrons. The van der Waals surface area contributed by atoms with Crippen molar-refractivity contribution < 1.29 is 14.3 Å².